The average molecular weight is 378 g/mol. The molecule has 1 N–H and O–H groups in total. The summed E-state index contributed by atoms with van der Waals surface area (Å²) in [6.45, 7) is 9.97. The van der Waals surface area contributed by atoms with Gasteiger partial charge in [0.1, 0.15) is 6.33 Å². The molecule has 1 aromatic heterocycles. The monoisotopic (exact) mass is 377 g/mol. The van der Waals surface area contributed by atoms with Gasteiger partial charge in [-0.2, -0.15) is 0 Å². The molecule has 0 unspecified atom stereocenters. The summed E-state index contributed by atoms with van der Waals surface area (Å²) in [5.74, 6) is 0.823. The third-order valence-corrected chi connectivity index (χ3v) is 6.23. The van der Waals surface area contributed by atoms with Crippen molar-refractivity contribution in [2.45, 2.75) is 57.7 Å². The van der Waals surface area contributed by atoms with E-state index in [2.05, 4.69) is 46.3 Å². The first-order valence-corrected chi connectivity index (χ1v) is 10.3. The molecular formula is C19H35N7O. The second-order valence-electron chi connectivity index (χ2n) is 8.28. The number of hydrogen-bond donors (Lipinski definition) is 1. The molecule has 27 heavy (non-hydrogen) atoms. The van der Waals surface area contributed by atoms with Gasteiger partial charge in [0.25, 0.3) is 0 Å². The Morgan fingerprint density at radius 1 is 1.26 bits per heavy atom. The molecular weight excluding hydrogens is 342 g/mol. The second-order valence-corrected chi connectivity index (χ2v) is 8.28. The number of aryl methyl sites for hydroxylation is 1. The fraction of sp³-hybridized carbons (Fsp3) is 0.842. The smallest absolute Gasteiger partial charge is 0.317 e. The van der Waals surface area contributed by atoms with Crippen molar-refractivity contribution < 1.29 is 4.79 Å². The molecule has 8 nitrogen and oxygen atoms in total. The molecule has 1 spiro atoms. The highest BCUT2D eigenvalue weighted by Gasteiger charge is 2.41. The molecule has 2 fully saturated rings. The molecule has 1 atom stereocenters. The van der Waals surface area contributed by atoms with Gasteiger partial charge >= 0.3 is 6.03 Å². The number of carbonyl (C=O) groups excluding carboxylic acids is 1. The zero-order valence-electron chi connectivity index (χ0n) is 17.3. The van der Waals surface area contributed by atoms with Gasteiger partial charge in [0.15, 0.2) is 5.82 Å². The SMILES string of the molecule is CCCn1cnnc1[C@H](C)NC(=O)N1CCC2(CC1)CN(C)CCCN2C. The van der Waals surface area contributed by atoms with Gasteiger partial charge in [0.05, 0.1) is 6.04 Å². The van der Waals surface area contributed by atoms with Crippen molar-refractivity contribution in [2.24, 2.45) is 0 Å². The van der Waals surface area contributed by atoms with Crippen LogP contribution in [0.4, 0.5) is 4.79 Å². The predicted octanol–water partition coefficient (Wildman–Crippen LogP) is 1.56. The molecule has 0 saturated carbocycles. The summed E-state index contributed by atoms with van der Waals surface area (Å²) in [5, 5.41) is 11.3. The van der Waals surface area contributed by atoms with Crippen LogP contribution >= 0.6 is 0 Å². The molecule has 2 aliphatic heterocycles. The van der Waals surface area contributed by atoms with Crippen LogP contribution in [0.1, 0.15) is 51.4 Å². The molecule has 0 radical (unpaired) electrons. The molecule has 0 aliphatic carbocycles. The molecule has 0 aromatic carbocycles. The fourth-order valence-electron chi connectivity index (χ4n) is 4.54. The van der Waals surface area contributed by atoms with Gasteiger partial charge in [-0.3, -0.25) is 4.90 Å². The summed E-state index contributed by atoms with van der Waals surface area (Å²) in [6, 6.07) is -0.137. The minimum absolute atomic E-state index is 0.00743. The number of carbonyl (C=O) groups is 1. The number of rotatable bonds is 4. The van der Waals surface area contributed by atoms with Crippen LogP contribution in [0.5, 0.6) is 0 Å². The van der Waals surface area contributed by atoms with E-state index < -0.39 is 0 Å². The fourth-order valence-corrected chi connectivity index (χ4v) is 4.54. The first kappa shape index (κ1) is 20.1. The van der Waals surface area contributed by atoms with Crippen molar-refractivity contribution >= 4 is 6.03 Å². The zero-order chi connectivity index (χ0) is 19.4. The molecule has 1 aromatic rings. The van der Waals surface area contributed by atoms with E-state index in [0.29, 0.717) is 0 Å². The highest BCUT2D eigenvalue weighted by molar-refractivity contribution is 5.74. The summed E-state index contributed by atoms with van der Waals surface area (Å²) in [7, 11) is 4.46. The van der Waals surface area contributed by atoms with Crippen LogP contribution in [0.2, 0.25) is 0 Å². The average Bonchev–Trinajstić information content (AvgIpc) is 3.05. The topological polar surface area (TPSA) is 69.5 Å². The molecule has 2 amide bonds. The van der Waals surface area contributed by atoms with Crippen molar-refractivity contribution in [3.63, 3.8) is 0 Å². The van der Waals surface area contributed by atoms with E-state index in [-0.39, 0.29) is 17.6 Å². The quantitative estimate of drug-likeness (QED) is 0.862. The van der Waals surface area contributed by atoms with Gasteiger partial charge in [-0.15, -0.1) is 10.2 Å². The van der Waals surface area contributed by atoms with Crippen LogP contribution in [0, 0.1) is 0 Å². The van der Waals surface area contributed by atoms with Crippen LogP contribution in [0.3, 0.4) is 0 Å². The number of nitrogens with one attached hydrogen (secondary N) is 1. The minimum Gasteiger partial charge on any atom is -0.328 e. The Morgan fingerprint density at radius 2 is 2.00 bits per heavy atom. The van der Waals surface area contributed by atoms with Crippen molar-refractivity contribution in [2.75, 3.05) is 46.8 Å². The molecule has 152 valence electrons. The van der Waals surface area contributed by atoms with E-state index in [9.17, 15) is 4.79 Å². The Bertz CT molecular complexity index is 623. The lowest BCUT2D eigenvalue weighted by Crippen LogP contribution is -2.59. The van der Waals surface area contributed by atoms with Crippen LogP contribution in [0.15, 0.2) is 6.33 Å². The summed E-state index contributed by atoms with van der Waals surface area (Å²) in [4.78, 5) is 19.7. The van der Waals surface area contributed by atoms with Crippen molar-refractivity contribution in [3.05, 3.63) is 12.2 Å². The lowest BCUT2D eigenvalue weighted by Gasteiger charge is -2.47. The molecule has 3 heterocycles. The lowest BCUT2D eigenvalue weighted by molar-refractivity contribution is 0.0420. The highest BCUT2D eigenvalue weighted by Crippen LogP contribution is 2.31. The number of hydrogen-bond acceptors (Lipinski definition) is 5. The third-order valence-electron chi connectivity index (χ3n) is 6.23. The summed E-state index contributed by atoms with van der Waals surface area (Å²) >= 11 is 0. The van der Waals surface area contributed by atoms with Crippen LogP contribution in [0.25, 0.3) is 0 Å². The van der Waals surface area contributed by atoms with E-state index in [1.807, 2.05) is 16.4 Å². The van der Waals surface area contributed by atoms with Gasteiger partial charge in [0, 0.05) is 31.7 Å². The molecule has 2 saturated heterocycles. The summed E-state index contributed by atoms with van der Waals surface area (Å²) in [6.07, 6.45) is 6.03. The number of amides is 2. The number of aromatic nitrogens is 3. The van der Waals surface area contributed by atoms with Gasteiger partial charge in [0.2, 0.25) is 0 Å². The first-order chi connectivity index (χ1) is 12.9. The summed E-state index contributed by atoms with van der Waals surface area (Å²) in [5.41, 5.74) is 0.203. The van der Waals surface area contributed by atoms with E-state index in [0.717, 1.165) is 64.4 Å². The van der Waals surface area contributed by atoms with E-state index in [1.165, 1.54) is 6.42 Å². The largest absolute Gasteiger partial charge is 0.328 e. The van der Waals surface area contributed by atoms with Crippen molar-refractivity contribution in [3.8, 4) is 0 Å². The van der Waals surface area contributed by atoms with Gasteiger partial charge < -0.3 is 19.7 Å². The standard InChI is InChI=1S/C19H35N7O/c1-5-9-26-15-20-22-17(26)16(2)21-18(27)25-12-7-19(8-13-25)14-23(3)10-6-11-24(19)4/h15-16H,5-14H2,1-4H3,(H,21,27)/t16-/m0/s1. The van der Waals surface area contributed by atoms with E-state index in [4.69, 9.17) is 0 Å². The normalized spacial score (nSPS) is 22.6. The van der Waals surface area contributed by atoms with Gasteiger partial charge in [-0.25, -0.2) is 4.79 Å². The molecule has 8 heteroatoms. The Balaban J connectivity index is 1.57. The number of urea groups is 1. The second kappa shape index (κ2) is 8.56. The maximum atomic E-state index is 12.8. The maximum Gasteiger partial charge on any atom is 0.317 e. The number of likely N-dealkylation sites (N-methyl/N-ethyl adjacent to an activating group) is 2. The third kappa shape index (κ3) is 4.43. The number of nitrogens with zero attached hydrogens (tertiary/aromatic N) is 6. The first-order valence-electron chi connectivity index (χ1n) is 10.3. The Kier molecular flexibility index (Phi) is 6.37. The minimum atomic E-state index is -0.144. The van der Waals surface area contributed by atoms with Gasteiger partial charge in [-0.05, 0) is 59.8 Å². The maximum absolute atomic E-state index is 12.8. The predicted molar refractivity (Wildman–Crippen MR) is 106 cm³/mol. The van der Waals surface area contributed by atoms with Crippen LogP contribution in [-0.4, -0.2) is 87.9 Å². The molecule has 2 aliphatic rings. The van der Waals surface area contributed by atoms with Crippen molar-refractivity contribution in [1.82, 2.24) is 34.8 Å². The molecule has 3 rings (SSSR count). The Labute approximate surface area is 162 Å². The zero-order valence-corrected chi connectivity index (χ0v) is 17.3. The highest BCUT2D eigenvalue weighted by atomic mass is 16.2. The molecule has 0 bridgehead atoms. The van der Waals surface area contributed by atoms with Crippen LogP contribution < -0.4 is 5.32 Å². The van der Waals surface area contributed by atoms with E-state index in [1.54, 1.807) is 6.33 Å². The Morgan fingerprint density at radius 3 is 2.70 bits per heavy atom. The van der Waals surface area contributed by atoms with Crippen LogP contribution in [-0.2, 0) is 6.54 Å². The van der Waals surface area contributed by atoms with Gasteiger partial charge in [-0.1, -0.05) is 6.92 Å². The lowest BCUT2D eigenvalue weighted by atomic mass is 9.85. The summed E-state index contributed by atoms with van der Waals surface area (Å²) < 4.78 is 2.02. The van der Waals surface area contributed by atoms with E-state index >= 15 is 0 Å². The number of piperidine rings is 1. The Hall–Kier alpha value is -1.67. The number of likely N-dealkylation sites (tertiary alicyclic amines) is 1. The van der Waals surface area contributed by atoms with Crippen molar-refractivity contribution in [1.29, 1.82) is 0 Å².